The minimum atomic E-state index is -4.64. The minimum absolute atomic E-state index is 0.415. The first-order chi connectivity index (χ1) is 7.63. The molecule has 0 spiro atoms. The van der Waals surface area contributed by atoms with Gasteiger partial charge in [-0.25, -0.2) is 5.14 Å². The normalized spacial score (nSPS) is 12.5. The van der Waals surface area contributed by atoms with Gasteiger partial charge < -0.3 is 0 Å². The van der Waals surface area contributed by atoms with E-state index in [0.29, 0.717) is 12.0 Å². The molecule has 0 bridgehead atoms. The van der Waals surface area contributed by atoms with Gasteiger partial charge in [-0.15, -0.1) is 0 Å². The maximum absolute atomic E-state index is 12.7. The molecule has 0 aliphatic carbocycles. The number of nitrogens with two attached hydrogens (primary N) is 1. The molecule has 1 rings (SSSR count). The summed E-state index contributed by atoms with van der Waals surface area (Å²) in [4.78, 5) is 0. The molecule has 0 radical (unpaired) electrons. The molecule has 4 nitrogen and oxygen atoms in total. The standard InChI is InChI=1S/C9H11F3N2O2S/c1-2-6-3-4-8(14-17(13,15)16)7(5-6)9(10,11)12/h3-5,14H,2H2,1H3,(H2,13,15,16). The molecule has 96 valence electrons. The third kappa shape index (κ3) is 3.90. The average Bonchev–Trinajstić information content (AvgIpc) is 2.14. The van der Waals surface area contributed by atoms with Gasteiger partial charge >= 0.3 is 6.18 Å². The predicted molar refractivity (Wildman–Crippen MR) is 57.6 cm³/mol. The van der Waals surface area contributed by atoms with E-state index >= 15 is 0 Å². The molecule has 0 fully saturated rings. The van der Waals surface area contributed by atoms with Crippen molar-refractivity contribution in [1.29, 1.82) is 0 Å². The molecule has 0 aromatic heterocycles. The summed E-state index contributed by atoms with van der Waals surface area (Å²) < 4.78 is 61.1. The Balaban J connectivity index is 3.30. The van der Waals surface area contributed by atoms with Crippen LogP contribution in [0.5, 0.6) is 0 Å². The number of hydrogen-bond acceptors (Lipinski definition) is 2. The predicted octanol–water partition coefficient (Wildman–Crippen LogP) is 1.88. The Kier molecular flexibility index (Phi) is 3.68. The van der Waals surface area contributed by atoms with Gasteiger partial charge in [0.1, 0.15) is 0 Å². The zero-order chi connectivity index (χ0) is 13.3. The summed E-state index contributed by atoms with van der Waals surface area (Å²) in [6.07, 6.45) is -4.23. The van der Waals surface area contributed by atoms with Gasteiger partial charge in [0.15, 0.2) is 0 Å². The van der Waals surface area contributed by atoms with Crippen molar-refractivity contribution in [2.75, 3.05) is 4.72 Å². The Bertz CT molecular complexity index is 511. The second kappa shape index (κ2) is 4.53. The lowest BCUT2D eigenvalue weighted by Gasteiger charge is -2.14. The van der Waals surface area contributed by atoms with E-state index in [1.165, 1.54) is 6.07 Å². The zero-order valence-corrected chi connectivity index (χ0v) is 9.69. The van der Waals surface area contributed by atoms with Gasteiger partial charge in [0.25, 0.3) is 10.2 Å². The van der Waals surface area contributed by atoms with Crippen molar-refractivity contribution in [3.8, 4) is 0 Å². The molecular weight excluding hydrogens is 257 g/mol. The molecule has 1 aromatic rings. The van der Waals surface area contributed by atoms with Crippen molar-refractivity contribution in [1.82, 2.24) is 0 Å². The van der Waals surface area contributed by atoms with E-state index in [2.05, 4.69) is 5.14 Å². The molecule has 0 unspecified atom stereocenters. The number of alkyl halides is 3. The first-order valence-corrected chi connectivity index (χ1v) is 6.19. The van der Waals surface area contributed by atoms with Crippen molar-refractivity contribution >= 4 is 15.9 Å². The summed E-state index contributed by atoms with van der Waals surface area (Å²) in [6.45, 7) is 1.70. The van der Waals surface area contributed by atoms with Crippen LogP contribution in [0.1, 0.15) is 18.1 Å². The van der Waals surface area contributed by atoms with Gasteiger partial charge in [-0.1, -0.05) is 13.0 Å². The van der Waals surface area contributed by atoms with Crippen LogP contribution in [-0.4, -0.2) is 8.42 Å². The third-order valence-electron chi connectivity index (χ3n) is 2.05. The van der Waals surface area contributed by atoms with Crippen LogP contribution in [0.15, 0.2) is 18.2 Å². The molecule has 8 heteroatoms. The molecule has 0 saturated carbocycles. The van der Waals surface area contributed by atoms with Gasteiger partial charge in [-0.2, -0.15) is 21.6 Å². The molecule has 0 aliphatic heterocycles. The average molecular weight is 268 g/mol. The van der Waals surface area contributed by atoms with Crippen LogP contribution in [0, 0.1) is 0 Å². The fourth-order valence-electron chi connectivity index (χ4n) is 1.29. The summed E-state index contributed by atoms with van der Waals surface area (Å²) >= 11 is 0. The van der Waals surface area contributed by atoms with Crippen molar-refractivity contribution in [2.45, 2.75) is 19.5 Å². The fourth-order valence-corrected chi connectivity index (χ4v) is 1.77. The van der Waals surface area contributed by atoms with Gasteiger partial charge in [0.05, 0.1) is 11.3 Å². The van der Waals surface area contributed by atoms with Crippen LogP contribution in [0.4, 0.5) is 18.9 Å². The van der Waals surface area contributed by atoms with Crippen LogP contribution in [0.3, 0.4) is 0 Å². The monoisotopic (exact) mass is 268 g/mol. The summed E-state index contributed by atoms with van der Waals surface area (Å²) in [5.74, 6) is 0. The highest BCUT2D eigenvalue weighted by molar-refractivity contribution is 7.90. The topological polar surface area (TPSA) is 72.2 Å². The molecule has 0 saturated heterocycles. The third-order valence-corrected chi connectivity index (χ3v) is 2.55. The van der Waals surface area contributed by atoms with Crippen LogP contribution in [0.25, 0.3) is 0 Å². The lowest BCUT2D eigenvalue weighted by atomic mass is 10.1. The molecule has 0 heterocycles. The van der Waals surface area contributed by atoms with E-state index in [4.69, 9.17) is 0 Å². The molecular formula is C9H11F3N2O2S. The SMILES string of the molecule is CCc1ccc(NS(N)(=O)=O)c(C(F)(F)F)c1. The number of halogens is 3. The van der Waals surface area contributed by atoms with E-state index in [9.17, 15) is 21.6 Å². The van der Waals surface area contributed by atoms with Gasteiger partial charge in [0.2, 0.25) is 0 Å². The smallest absolute Gasteiger partial charge is 0.271 e. The number of benzene rings is 1. The van der Waals surface area contributed by atoms with Crippen LogP contribution in [-0.2, 0) is 22.8 Å². The summed E-state index contributed by atoms with van der Waals surface area (Å²) in [5.41, 5.74) is -1.17. The maximum atomic E-state index is 12.7. The lowest BCUT2D eigenvalue weighted by Crippen LogP contribution is -2.23. The van der Waals surface area contributed by atoms with E-state index < -0.39 is 27.6 Å². The summed E-state index contributed by atoms with van der Waals surface area (Å²) in [6, 6.07) is 3.35. The first-order valence-electron chi connectivity index (χ1n) is 4.64. The van der Waals surface area contributed by atoms with E-state index in [1.54, 1.807) is 11.6 Å². The van der Waals surface area contributed by atoms with E-state index in [1.807, 2.05) is 0 Å². The second-order valence-electron chi connectivity index (χ2n) is 3.38. The van der Waals surface area contributed by atoms with Gasteiger partial charge in [-0.3, -0.25) is 4.72 Å². The second-order valence-corrected chi connectivity index (χ2v) is 4.67. The Hall–Kier alpha value is -1.28. The number of hydrogen-bond donors (Lipinski definition) is 2. The molecule has 1 aromatic carbocycles. The quantitative estimate of drug-likeness (QED) is 0.878. The van der Waals surface area contributed by atoms with E-state index in [0.717, 1.165) is 12.1 Å². The van der Waals surface area contributed by atoms with Crippen molar-refractivity contribution < 1.29 is 21.6 Å². The Morgan fingerprint density at radius 3 is 2.35 bits per heavy atom. The van der Waals surface area contributed by atoms with Crippen LogP contribution >= 0.6 is 0 Å². The Labute approximate surface area is 96.8 Å². The highest BCUT2D eigenvalue weighted by Gasteiger charge is 2.34. The highest BCUT2D eigenvalue weighted by Crippen LogP contribution is 2.35. The number of anilines is 1. The Morgan fingerprint density at radius 1 is 1.35 bits per heavy atom. The molecule has 17 heavy (non-hydrogen) atoms. The summed E-state index contributed by atoms with van der Waals surface area (Å²) in [7, 11) is -4.23. The number of nitrogens with one attached hydrogen (secondary N) is 1. The minimum Gasteiger partial charge on any atom is -0.271 e. The summed E-state index contributed by atoms with van der Waals surface area (Å²) in [5, 5.41) is 4.64. The first kappa shape index (κ1) is 13.8. The van der Waals surface area contributed by atoms with Gasteiger partial charge in [-0.05, 0) is 24.1 Å². The molecule has 0 atom stereocenters. The molecule has 0 amide bonds. The highest BCUT2D eigenvalue weighted by atomic mass is 32.2. The molecule has 3 N–H and O–H groups in total. The molecule has 0 aliphatic rings. The van der Waals surface area contributed by atoms with Crippen molar-refractivity contribution in [3.05, 3.63) is 29.3 Å². The number of rotatable bonds is 3. The van der Waals surface area contributed by atoms with Crippen molar-refractivity contribution in [2.24, 2.45) is 5.14 Å². The van der Waals surface area contributed by atoms with Crippen LogP contribution < -0.4 is 9.86 Å². The fraction of sp³-hybridized carbons (Fsp3) is 0.333. The number of aryl methyl sites for hydroxylation is 1. The van der Waals surface area contributed by atoms with Gasteiger partial charge in [0, 0.05) is 0 Å². The van der Waals surface area contributed by atoms with Crippen molar-refractivity contribution in [3.63, 3.8) is 0 Å². The Morgan fingerprint density at radius 2 is 1.94 bits per heavy atom. The van der Waals surface area contributed by atoms with E-state index in [-0.39, 0.29) is 0 Å². The lowest BCUT2D eigenvalue weighted by molar-refractivity contribution is -0.136. The largest absolute Gasteiger partial charge is 0.418 e. The van der Waals surface area contributed by atoms with Crippen LogP contribution in [0.2, 0.25) is 0 Å². The zero-order valence-electron chi connectivity index (χ0n) is 8.88. The maximum Gasteiger partial charge on any atom is 0.418 e.